The zero-order valence-corrected chi connectivity index (χ0v) is 19.9. The molecule has 0 aromatic heterocycles. The van der Waals surface area contributed by atoms with Crippen LogP contribution in [0.25, 0.3) is 0 Å². The molecule has 0 unspecified atom stereocenters. The molecule has 184 valence electrons. The third kappa shape index (κ3) is 3.80. The summed E-state index contributed by atoms with van der Waals surface area (Å²) in [6.45, 7) is 0. The molecule has 2 amide bonds. The van der Waals surface area contributed by atoms with Crippen molar-refractivity contribution in [2.45, 2.75) is 12.1 Å². The number of carbonyl (C=O) groups is 2. The Hall–Kier alpha value is -4.15. The van der Waals surface area contributed by atoms with E-state index in [-0.39, 0.29) is 11.4 Å². The number of anilines is 2. The number of fused-ring (bicyclic) bond motifs is 1. The van der Waals surface area contributed by atoms with Gasteiger partial charge in [0.05, 0.1) is 36.6 Å². The topological polar surface area (TPSA) is 111 Å². The Labute approximate surface area is 210 Å². The minimum absolute atomic E-state index is 0.149. The van der Waals surface area contributed by atoms with Crippen LogP contribution in [0.3, 0.4) is 0 Å². The number of rotatable bonds is 6. The van der Waals surface area contributed by atoms with Crippen LogP contribution in [0.2, 0.25) is 5.02 Å². The number of ether oxygens (including phenoxy) is 2. The van der Waals surface area contributed by atoms with Crippen LogP contribution in [0.4, 0.5) is 17.1 Å². The minimum Gasteiger partial charge on any atom is -0.497 e. The van der Waals surface area contributed by atoms with E-state index in [0.29, 0.717) is 27.8 Å². The SMILES string of the molecule is COc1ccc([C@H]2[C@@H]3C(=O)N(c4ccc([N+](=O)[O-])cc4)C(=O)[C@@H]3ON2c2ccc(Cl)cc2)c(OC)c1. The number of hydrogen-bond acceptors (Lipinski definition) is 8. The number of nitro groups is 1. The molecule has 3 atom stereocenters. The van der Waals surface area contributed by atoms with Gasteiger partial charge in [-0.05, 0) is 48.5 Å². The van der Waals surface area contributed by atoms with Crippen molar-refractivity contribution in [1.82, 2.24) is 0 Å². The number of hydrogen-bond donors (Lipinski definition) is 0. The van der Waals surface area contributed by atoms with E-state index in [1.807, 2.05) is 0 Å². The number of non-ortho nitro benzene ring substituents is 1. The van der Waals surface area contributed by atoms with Gasteiger partial charge in [-0.3, -0.25) is 24.5 Å². The number of hydroxylamine groups is 1. The average Bonchev–Trinajstić information content (AvgIpc) is 3.39. The molecule has 3 aromatic rings. The first kappa shape index (κ1) is 23.6. The Balaban J connectivity index is 1.59. The summed E-state index contributed by atoms with van der Waals surface area (Å²) in [7, 11) is 3.04. The standard InChI is InChI=1S/C25H20ClN3O7/c1-34-18-11-12-19(20(13-18)35-2)22-21-23(36-28(22)16-5-3-14(26)4-6-16)25(31)27(24(21)30)15-7-9-17(10-8-15)29(32)33/h3-13,21-23H,1-2H3/t21-,22-,23+/m0/s1. The van der Waals surface area contributed by atoms with Crippen LogP contribution in [-0.4, -0.2) is 37.1 Å². The van der Waals surface area contributed by atoms with Gasteiger partial charge in [0.2, 0.25) is 5.91 Å². The summed E-state index contributed by atoms with van der Waals surface area (Å²) in [5.74, 6) is -0.946. The second-order valence-electron chi connectivity index (χ2n) is 8.19. The highest BCUT2D eigenvalue weighted by Crippen LogP contribution is 2.50. The van der Waals surface area contributed by atoms with Gasteiger partial charge >= 0.3 is 0 Å². The molecule has 0 N–H and O–H groups in total. The molecule has 5 rings (SSSR count). The molecule has 11 heteroatoms. The summed E-state index contributed by atoms with van der Waals surface area (Å²) in [6.07, 6.45) is -1.11. The zero-order valence-electron chi connectivity index (χ0n) is 19.2. The first-order valence-corrected chi connectivity index (χ1v) is 11.3. The van der Waals surface area contributed by atoms with Crippen molar-refractivity contribution in [3.63, 3.8) is 0 Å². The van der Waals surface area contributed by atoms with E-state index in [1.165, 1.54) is 43.5 Å². The van der Waals surface area contributed by atoms with E-state index in [0.717, 1.165) is 4.90 Å². The molecule has 0 radical (unpaired) electrons. The first-order chi connectivity index (χ1) is 17.3. The van der Waals surface area contributed by atoms with E-state index in [2.05, 4.69) is 0 Å². The van der Waals surface area contributed by atoms with Crippen molar-refractivity contribution in [2.75, 3.05) is 24.2 Å². The molecule has 0 bridgehead atoms. The molecular formula is C25H20ClN3O7. The second kappa shape index (κ2) is 9.14. The lowest BCUT2D eigenvalue weighted by Gasteiger charge is -2.29. The van der Waals surface area contributed by atoms with Gasteiger partial charge in [0.1, 0.15) is 17.4 Å². The van der Waals surface area contributed by atoms with E-state index < -0.39 is 34.8 Å². The van der Waals surface area contributed by atoms with Crippen LogP contribution < -0.4 is 19.4 Å². The number of amides is 2. The number of halogens is 1. The van der Waals surface area contributed by atoms with Crippen molar-refractivity contribution >= 4 is 40.5 Å². The lowest BCUT2D eigenvalue weighted by molar-refractivity contribution is -0.384. The van der Waals surface area contributed by atoms with Crippen molar-refractivity contribution in [2.24, 2.45) is 5.92 Å². The molecule has 36 heavy (non-hydrogen) atoms. The Bertz CT molecular complexity index is 1350. The van der Waals surface area contributed by atoms with Gasteiger partial charge in [-0.2, -0.15) is 0 Å². The lowest BCUT2D eigenvalue weighted by atomic mass is 9.90. The largest absolute Gasteiger partial charge is 0.497 e. The summed E-state index contributed by atoms with van der Waals surface area (Å²) >= 11 is 6.06. The molecule has 2 saturated heterocycles. The van der Waals surface area contributed by atoms with Crippen molar-refractivity contribution < 1.29 is 28.8 Å². The van der Waals surface area contributed by atoms with Crippen LogP contribution in [-0.2, 0) is 14.4 Å². The number of nitro benzene ring substituents is 1. The van der Waals surface area contributed by atoms with Gasteiger partial charge in [0.25, 0.3) is 11.6 Å². The van der Waals surface area contributed by atoms with E-state index in [9.17, 15) is 19.7 Å². The molecule has 2 fully saturated rings. The van der Waals surface area contributed by atoms with Gasteiger partial charge in [0, 0.05) is 28.8 Å². The van der Waals surface area contributed by atoms with Gasteiger partial charge in [0.15, 0.2) is 6.10 Å². The minimum atomic E-state index is -1.11. The van der Waals surface area contributed by atoms with Crippen LogP contribution in [0, 0.1) is 16.0 Å². The molecule has 2 heterocycles. The number of benzene rings is 3. The fourth-order valence-electron chi connectivity index (χ4n) is 4.58. The van der Waals surface area contributed by atoms with E-state index >= 15 is 0 Å². The third-order valence-electron chi connectivity index (χ3n) is 6.27. The Morgan fingerprint density at radius 1 is 0.917 bits per heavy atom. The smallest absolute Gasteiger partial charge is 0.269 e. The monoisotopic (exact) mass is 509 g/mol. The van der Waals surface area contributed by atoms with E-state index in [1.54, 1.807) is 42.5 Å². The Morgan fingerprint density at radius 3 is 2.19 bits per heavy atom. The predicted octanol–water partition coefficient (Wildman–Crippen LogP) is 4.32. The summed E-state index contributed by atoms with van der Waals surface area (Å²) in [5, 5.41) is 13.1. The molecule has 2 aliphatic rings. The van der Waals surface area contributed by atoms with Crippen molar-refractivity contribution in [1.29, 1.82) is 0 Å². The quantitative estimate of drug-likeness (QED) is 0.274. The average molecular weight is 510 g/mol. The number of carbonyl (C=O) groups excluding carboxylic acids is 2. The highest BCUT2D eigenvalue weighted by atomic mass is 35.5. The van der Waals surface area contributed by atoms with Crippen molar-refractivity contribution in [3.05, 3.63) is 87.4 Å². The van der Waals surface area contributed by atoms with Gasteiger partial charge in [-0.25, -0.2) is 9.96 Å². The predicted molar refractivity (Wildman–Crippen MR) is 130 cm³/mol. The molecule has 0 aliphatic carbocycles. The maximum atomic E-state index is 13.7. The van der Waals surface area contributed by atoms with Crippen molar-refractivity contribution in [3.8, 4) is 11.5 Å². The van der Waals surface area contributed by atoms with Gasteiger partial charge in [-0.1, -0.05) is 11.6 Å². The summed E-state index contributed by atoms with van der Waals surface area (Å²) in [4.78, 5) is 44.8. The van der Waals surface area contributed by atoms with Gasteiger partial charge < -0.3 is 9.47 Å². The fraction of sp³-hybridized carbons (Fsp3) is 0.200. The Kier molecular flexibility index (Phi) is 5.99. The van der Waals surface area contributed by atoms with Gasteiger partial charge in [-0.15, -0.1) is 0 Å². The highest BCUT2D eigenvalue weighted by Gasteiger charge is 2.60. The molecular weight excluding hydrogens is 490 g/mol. The second-order valence-corrected chi connectivity index (χ2v) is 8.63. The molecule has 0 saturated carbocycles. The van der Waals surface area contributed by atoms with Crippen LogP contribution in [0.5, 0.6) is 11.5 Å². The summed E-state index contributed by atoms with van der Waals surface area (Å²) < 4.78 is 10.9. The normalized spacial score (nSPS) is 21.0. The molecule has 3 aromatic carbocycles. The fourth-order valence-corrected chi connectivity index (χ4v) is 4.71. The summed E-state index contributed by atoms with van der Waals surface area (Å²) in [6, 6.07) is 16.5. The Morgan fingerprint density at radius 2 is 1.58 bits per heavy atom. The number of nitrogens with zero attached hydrogens (tertiary/aromatic N) is 3. The molecule has 0 spiro atoms. The van der Waals surface area contributed by atoms with Crippen LogP contribution in [0.1, 0.15) is 11.6 Å². The van der Waals surface area contributed by atoms with E-state index in [4.69, 9.17) is 25.9 Å². The molecule has 10 nitrogen and oxygen atoms in total. The number of methoxy groups -OCH3 is 2. The van der Waals surface area contributed by atoms with Crippen LogP contribution >= 0.6 is 11.6 Å². The molecule has 2 aliphatic heterocycles. The zero-order chi connectivity index (χ0) is 25.6. The third-order valence-corrected chi connectivity index (χ3v) is 6.53. The lowest BCUT2D eigenvalue weighted by Crippen LogP contribution is -2.37. The highest BCUT2D eigenvalue weighted by molar-refractivity contribution is 6.30. The summed E-state index contributed by atoms with van der Waals surface area (Å²) in [5.41, 5.74) is 1.29. The first-order valence-electron chi connectivity index (χ1n) is 10.9. The maximum absolute atomic E-state index is 13.7. The van der Waals surface area contributed by atoms with Crippen LogP contribution in [0.15, 0.2) is 66.7 Å². The maximum Gasteiger partial charge on any atom is 0.269 e. The number of imide groups is 1.